The van der Waals surface area contributed by atoms with Gasteiger partial charge in [0.05, 0.1) is 30.1 Å². The van der Waals surface area contributed by atoms with Gasteiger partial charge in [0.2, 0.25) is 5.91 Å². The van der Waals surface area contributed by atoms with Crippen LogP contribution in [0.5, 0.6) is 0 Å². The van der Waals surface area contributed by atoms with Crippen LogP contribution in [0.2, 0.25) is 0 Å². The molecule has 1 aliphatic carbocycles. The molecule has 2 N–H and O–H groups in total. The Balaban J connectivity index is 1.68. The molecule has 0 aromatic heterocycles. The lowest BCUT2D eigenvalue weighted by molar-refractivity contribution is -0.348. The van der Waals surface area contributed by atoms with E-state index in [1.54, 1.807) is 0 Å². The van der Waals surface area contributed by atoms with Gasteiger partial charge in [0, 0.05) is 12.1 Å². The zero-order valence-electron chi connectivity index (χ0n) is 22.5. The Morgan fingerprint density at radius 3 is 2.14 bits per heavy atom. The number of nitrogens with two attached hydrogens (primary N) is 1. The minimum atomic E-state index is -6.39. The molecule has 3 aliphatic rings. The van der Waals surface area contributed by atoms with Crippen LogP contribution < -0.4 is 5.50 Å². The van der Waals surface area contributed by atoms with Crippen molar-refractivity contribution in [2.24, 2.45) is 11.4 Å². The molecule has 0 saturated carbocycles. The predicted octanol–water partition coefficient (Wildman–Crippen LogP) is 5.45. The van der Waals surface area contributed by atoms with E-state index in [4.69, 9.17) is 14.6 Å². The highest BCUT2D eigenvalue weighted by Crippen LogP contribution is 2.56. The molecule has 2 saturated heterocycles. The van der Waals surface area contributed by atoms with Gasteiger partial charge >= 0.3 is 25.8 Å². The SMILES string of the molecule is NP1(=O)OCC(C(=O)N2CC[C@]3(S(=O)(=O)c4ccc(F)cc4)c4ccc(C(F)(C(F)(F)F)C(F)(F)F)cc4CCC[C@H]23)CO1. The van der Waals surface area contributed by atoms with E-state index >= 15 is 4.39 Å². The third kappa shape index (κ3) is 5.04. The minimum Gasteiger partial charge on any atom is -0.337 e. The number of sulfone groups is 1. The topological polar surface area (TPSA) is 116 Å². The first-order chi connectivity index (χ1) is 20.3. The second-order valence-electron chi connectivity index (χ2n) is 10.9. The molecule has 242 valence electrons. The Labute approximate surface area is 246 Å². The zero-order chi connectivity index (χ0) is 32.5. The Morgan fingerprint density at radius 1 is 0.977 bits per heavy atom. The monoisotopic (exact) mass is 676 g/mol. The Hall–Kier alpha value is -2.59. The van der Waals surface area contributed by atoms with Gasteiger partial charge in [0.25, 0.3) is 0 Å². The van der Waals surface area contributed by atoms with Gasteiger partial charge < -0.3 is 4.90 Å². The molecule has 0 unspecified atom stereocenters. The van der Waals surface area contributed by atoms with Crippen molar-refractivity contribution in [3.63, 3.8) is 0 Å². The number of alkyl halides is 7. The van der Waals surface area contributed by atoms with E-state index in [2.05, 4.69) is 0 Å². The van der Waals surface area contributed by atoms with Gasteiger partial charge in [-0.15, -0.1) is 0 Å². The number of benzene rings is 2. The summed E-state index contributed by atoms with van der Waals surface area (Å²) < 4.78 is 159. The molecule has 0 bridgehead atoms. The first kappa shape index (κ1) is 32.8. The molecule has 2 aromatic carbocycles. The van der Waals surface area contributed by atoms with Crippen molar-refractivity contribution < 1.29 is 61.9 Å². The normalized spacial score (nSPS) is 28.2. The summed E-state index contributed by atoms with van der Waals surface area (Å²) >= 11 is 0. The summed E-state index contributed by atoms with van der Waals surface area (Å²) in [7, 11) is -8.55. The average molecular weight is 677 g/mol. The molecule has 2 heterocycles. The number of fused-ring (bicyclic) bond motifs is 3. The molecule has 1 amide bonds. The Morgan fingerprint density at radius 2 is 1.57 bits per heavy atom. The average Bonchev–Trinajstić information content (AvgIpc) is 3.23. The van der Waals surface area contributed by atoms with E-state index in [1.807, 2.05) is 0 Å². The highest BCUT2D eigenvalue weighted by Gasteiger charge is 2.73. The summed E-state index contributed by atoms with van der Waals surface area (Å²) in [5.74, 6) is -2.50. The van der Waals surface area contributed by atoms with Crippen molar-refractivity contribution in [3.8, 4) is 0 Å². The fourth-order valence-electron chi connectivity index (χ4n) is 6.36. The number of aryl methyl sites for hydroxylation is 1. The van der Waals surface area contributed by atoms with Gasteiger partial charge in [0.1, 0.15) is 10.6 Å². The van der Waals surface area contributed by atoms with Crippen molar-refractivity contribution in [3.05, 3.63) is 65.0 Å². The van der Waals surface area contributed by atoms with Gasteiger partial charge in [-0.05, 0) is 61.1 Å². The molecule has 18 heteroatoms. The minimum absolute atomic E-state index is 0.00141. The van der Waals surface area contributed by atoms with Gasteiger partial charge in [-0.2, -0.15) is 26.3 Å². The molecular formula is C26H25F8N2O6PS. The molecule has 2 aromatic rings. The van der Waals surface area contributed by atoms with Gasteiger partial charge in [-0.1, -0.05) is 18.2 Å². The third-order valence-corrected chi connectivity index (χ3v) is 12.0. The van der Waals surface area contributed by atoms with Crippen LogP contribution >= 0.6 is 7.75 Å². The molecule has 44 heavy (non-hydrogen) atoms. The third-order valence-electron chi connectivity index (χ3n) is 8.45. The highest BCUT2D eigenvalue weighted by molar-refractivity contribution is 7.92. The first-order valence-corrected chi connectivity index (χ1v) is 16.3. The van der Waals surface area contributed by atoms with Crippen LogP contribution in [-0.2, 0) is 45.1 Å². The molecule has 2 atom stereocenters. The van der Waals surface area contributed by atoms with Crippen molar-refractivity contribution in [1.29, 1.82) is 0 Å². The van der Waals surface area contributed by atoms with E-state index in [9.17, 15) is 48.5 Å². The lowest BCUT2D eigenvalue weighted by atomic mass is 9.84. The number of likely N-dealkylation sites (tertiary alicyclic amines) is 1. The maximum atomic E-state index is 15.0. The standard InChI is InChI=1S/C26H25F8N2O6PS/c27-18-5-7-19(8-6-18)44(39,40)23-10-11-36(22(37)16-13-41-43(35,38)42-14-16)21(23)3-1-2-15-12-17(4-9-20(15)23)24(28,25(29,30)31)26(32,33)34/h4-9,12,16,21H,1-3,10-11,13-14H2,(H2,35,38)/t16?,21-,23-,43?/m0/s1. The van der Waals surface area contributed by atoms with Crippen LogP contribution in [-0.4, -0.2) is 57.4 Å². The van der Waals surface area contributed by atoms with Gasteiger partial charge in [0.15, 0.2) is 9.84 Å². The van der Waals surface area contributed by atoms with Gasteiger partial charge in [-0.25, -0.2) is 27.3 Å². The maximum Gasteiger partial charge on any atom is 0.435 e. The summed E-state index contributed by atoms with van der Waals surface area (Å²) in [6.07, 6.45) is -13.4. The highest BCUT2D eigenvalue weighted by atomic mass is 32.2. The van der Waals surface area contributed by atoms with Crippen LogP contribution in [0.25, 0.3) is 0 Å². The van der Waals surface area contributed by atoms with Crippen LogP contribution in [0.3, 0.4) is 0 Å². The molecular weight excluding hydrogens is 651 g/mol. The van der Waals surface area contributed by atoms with E-state index in [0.29, 0.717) is 6.07 Å². The number of halogens is 8. The number of carbonyl (C=O) groups is 1. The molecule has 0 radical (unpaired) electrons. The van der Waals surface area contributed by atoms with Crippen molar-refractivity contribution in [2.75, 3.05) is 19.8 Å². The fraction of sp³-hybridized carbons (Fsp3) is 0.500. The van der Waals surface area contributed by atoms with Crippen LogP contribution in [0.15, 0.2) is 47.4 Å². The fourth-order valence-corrected chi connectivity index (χ4v) is 9.58. The summed E-state index contributed by atoms with van der Waals surface area (Å²) in [5, 5.41) is 0. The summed E-state index contributed by atoms with van der Waals surface area (Å²) in [6.45, 7) is -1.05. The molecule has 0 spiro atoms. The molecule has 5 rings (SSSR count). The number of hydrogen-bond donors (Lipinski definition) is 1. The largest absolute Gasteiger partial charge is 0.435 e. The first-order valence-electron chi connectivity index (χ1n) is 13.2. The predicted molar refractivity (Wildman–Crippen MR) is 137 cm³/mol. The number of carbonyl (C=O) groups excluding carboxylic acids is 1. The maximum absolute atomic E-state index is 15.0. The zero-order valence-corrected chi connectivity index (χ0v) is 24.2. The number of amides is 1. The van der Waals surface area contributed by atoms with Crippen LogP contribution in [0.4, 0.5) is 35.1 Å². The van der Waals surface area contributed by atoms with E-state index in [0.717, 1.165) is 30.3 Å². The van der Waals surface area contributed by atoms with Crippen LogP contribution in [0, 0.1) is 11.7 Å². The van der Waals surface area contributed by atoms with Crippen molar-refractivity contribution in [2.45, 2.75) is 59.4 Å². The lowest BCUT2D eigenvalue weighted by Gasteiger charge is -2.39. The van der Waals surface area contributed by atoms with E-state index in [1.165, 1.54) is 4.90 Å². The number of rotatable bonds is 4. The van der Waals surface area contributed by atoms with Gasteiger partial charge in [-0.3, -0.25) is 13.8 Å². The lowest BCUT2D eigenvalue weighted by Crippen LogP contribution is -2.52. The van der Waals surface area contributed by atoms with Crippen LogP contribution in [0.1, 0.15) is 36.0 Å². The second-order valence-corrected chi connectivity index (χ2v) is 14.7. The molecule has 8 nitrogen and oxygen atoms in total. The number of nitrogens with zero attached hydrogens (tertiary/aromatic N) is 1. The summed E-state index contributed by atoms with van der Waals surface area (Å²) in [6, 6.07) is 3.82. The Kier molecular flexibility index (Phi) is 8.01. The Bertz CT molecular complexity index is 1590. The quantitative estimate of drug-likeness (QED) is 0.260. The second kappa shape index (κ2) is 10.7. The number of hydrogen-bond acceptors (Lipinski definition) is 6. The van der Waals surface area contributed by atoms with Crippen molar-refractivity contribution in [1.82, 2.24) is 4.90 Å². The molecule has 2 aliphatic heterocycles. The summed E-state index contributed by atoms with van der Waals surface area (Å²) in [4.78, 5) is 14.5. The van der Waals surface area contributed by atoms with E-state index in [-0.39, 0.29) is 49.4 Å². The smallest absolute Gasteiger partial charge is 0.337 e. The van der Waals surface area contributed by atoms with E-state index < -0.39 is 87.7 Å². The van der Waals surface area contributed by atoms with Crippen molar-refractivity contribution >= 4 is 23.5 Å². The summed E-state index contributed by atoms with van der Waals surface area (Å²) in [5.41, 5.74) is -2.64. The molecule has 2 fully saturated rings.